The minimum Gasteiger partial charge on any atom is -0.444 e. The first-order valence-electron chi connectivity index (χ1n) is 16.1. The van der Waals surface area contributed by atoms with Crippen molar-refractivity contribution in [3.05, 3.63) is 0 Å². The predicted molar refractivity (Wildman–Crippen MR) is 156 cm³/mol. The lowest BCUT2D eigenvalue weighted by Gasteiger charge is -2.36. The van der Waals surface area contributed by atoms with Crippen LogP contribution in [0.15, 0.2) is 0 Å². The lowest BCUT2D eigenvalue weighted by molar-refractivity contribution is -0.144. The summed E-state index contributed by atoms with van der Waals surface area (Å²) in [6.07, 6.45) is 9.15. The minimum atomic E-state index is -1.06. The van der Waals surface area contributed by atoms with E-state index in [0.29, 0.717) is 24.8 Å². The molecule has 7 atom stereocenters. The number of amides is 4. The molecule has 5 rings (SSSR count). The molecule has 4 N–H and O–H groups in total. The van der Waals surface area contributed by atoms with E-state index >= 15 is 0 Å². The Kier molecular flexibility index (Phi) is 8.40. The molecule has 10 nitrogen and oxygen atoms in total. The van der Waals surface area contributed by atoms with Gasteiger partial charge in [0.25, 0.3) is 5.91 Å². The zero-order valence-corrected chi connectivity index (χ0v) is 25.9. The topological polar surface area (TPSA) is 148 Å². The number of rotatable bonds is 9. The molecule has 0 aromatic rings. The predicted octanol–water partition coefficient (Wildman–Crippen LogP) is 3.31. The van der Waals surface area contributed by atoms with E-state index in [1.165, 1.54) is 12.8 Å². The highest BCUT2D eigenvalue weighted by atomic mass is 16.6. The van der Waals surface area contributed by atoms with Crippen LogP contribution in [0.5, 0.6) is 0 Å². The third-order valence-electron chi connectivity index (χ3n) is 11.1. The number of likely N-dealkylation sites (tertiary alicyclic amines) is 1. The van der Waals surface area contributed by atoms with Crippen molar-refractivity contribution in [2.24, 2.45) is 46.7 Å². The summed E-state index contributed by atoms with van der Waals surface area (Å²) < 4.78 is 5.57. The molecule has 4 amide bonds. The number of Topliss-reactive ketones (excluding diaryl/α,β-unsaturated/α-hetero) is 1. The standard InChI is InChI=1S/C32H50N4O6/c1-31(2,3)42-30(41)35-24(20-14-18-11-6-7-12-19(18)15-20)29(40)36-16-21-23(32(21,4)5)25(36)28(39)34-22(26(37)27(33)38)13-17-9-8-10-17/h17-25H,6-16H2,1-5H3,(H2,33,38)(H,34,39)(H,35,41)/t18?,19?,20?,21?,22?,23?,24-,25-/m0/s1. The van der Waals surface area contributed by atoms with Crippen LogP contribution in [0.1, 0.15) is 98.8 Å². The molecule has 0 spiro atoms. The van der Waals surface area contributed by atoms with Crippen molar-refractivity contribution in [2.45, 2.75) is 123 Å². The van der Waals surface area contributed by atoms with Crippen molar-refractivity contribution in [2.75, 3.05) is 6.54 Å². The molecule has 0 bridgehead atoms. The second kappa shape index (κ2) is 11.5. The molecular weight excluding hydrogens is 536 g/mol. The van der Waals surface area contributed by atoms with E-state index in [2.05, 4.69) is 24.5 Å². The molecule has 234 valence electrons. The Morgan fingerprint density at radius 2 is 1.57 bits per heavy atom. The Hall–Kier alpha value is -2.65. The number of nitrogens with one attached hydrogen (secondary N) is 2. The van der Waals surface area contributed by atoms with Gasteiger partial charge in [0.15, 0.2) is 0 Å². The highest BCUT2D eigenvalue weighted by molar-refractivity contribution is 6.37. The van der Waals surface area contributed by atoms with E-state index in [-0.39, 0.29) is 35.0 Å². The van der Waals surface area contributed by atoms with Gasteiger partial charge in [-0.15, -0.1) is 0 Å². The van der Waals surface area contributed by atoms with Crippen LogP contribution in [0.2, 0.25) is 0 Å². The van der Waals surface area contributed by atoms with Crippen molar-refractivity contribution >= 4 is 29.6 Å². The average Bonchev–Trinajstić information content (AvgIpc) is 3.25. The van der Waals surface area contributed by atoms with Gasteiger partial charge in [0.1, 0.15) is 17.7 Å². The van der Waals surface area contributed by atoms with E-state index in [1.807, 2.05) is 0 Å². The monoisotopic (exact) mass is 586 g/mol. The SMILES string of the molecule is CC(C)(C)OC(=O)N[C@H](C(=O)N1CC2C([C@H]1C(=O)NC(CC1CCC1)C(=O)C(N)=O)C2(C)C)C1CC2CCCCC2C1. The molecule has 4 saturated carbocycles. The van der Waals surface area contributed by atoms with Crippen molar-refractivity contribution in [3.63, 3.8) is 0 Å². The van der Waals surface area contributed by atoms with Gasteiger partial charge in [-0.05, 0) is 81.0 Å². The van der Waals surface area contributed by atoms with E-state index in [9.17, 15) is 24.0 Å². The average molecular weight is 587 g/mol. The van der Waals surface area contributed by atoms with E-state index in [1.54, 1.807) is 25.7 Å². The molecule has 10 heteroatoms. The number of primary amides is 1. The molecule has 5 aliphatic rings. The molecule has 5 fully saturated rings. The molecular formula is C32H50N4O6. The summed E-state index contributed by atoms with van der Waals surface area (Å²) in [7, 11) is 0. The van der Waals surface area contributed by atoms with Gasteiger partial charge in [-0.3, -0.25) is 19.2 Å². The van der Waals surface area contributed by atoms with Gasteiger partial charge in [0, 0.05) is 6.54 Å². The van der Waals surface area contributed by atoms with Crippen molar-refractivity contribution < 1.29 is 28.7 Å². The number of nitrogens with zero attached hydrogens (tertiary/aromatic N) is 1. The zero-order valence-electron chi connectivity index (χ0n) is 25.9. The number of ketones is 1. The molecule has 1 saturated heterocycles. The van der Waals surface area contributed by atoms with Gasteiger partial charge in [0.05, 0.1) is 6.04 Å². The summed E-state index contributed by atoms with van der Waals surface area (Å²) in [5, 5.41) is 5.77. The van der Waals surface area contributed by atoms with Gasteiger partial charge in [-0.25, -0.2) is 4.79 Å². The number of hydrogen-bond acceptors (Lipinski definition) is 6. The number of piperidine rings is 1. The number of carbonyl (C=O) groups is 5. The summed E-state index contributed by atoms with van der Waals surface area (Å²) in [5.74, 6) is -1.13. The van der Waals surface area contributed by atoms with Gasteiger partial charge in [-0.1, -0.05) is 58.8 Å². The summed E-state index contributed by atoms with van der Waals surface area (Å²) in [6.45, 7) is 9.98. The molecule has 0 aromatic heterocycles. The van der Waals surface area contributed by atoms with Crippen LogP contribution in [0.25, 0.3) is 0 Å². The molecule has 1 aliphatic heterocycles. The van der Waals surface area contributed by atoms with Crippen LogP contribution in [-0.4, -0.2) is 64.8 Å². The zero-order chi connectivity index (χ0) is 30.6. The number of nitrogens with two attached hydrogens (primary N) is 1. The number of hydrogen-bond donors (Lipinski definition) is 3. The largest absolute Gasteiger partial charge is 0.444 e. The summed E-state index contributed by atoms with van der Waals surface area (Å²) >= 11 is 0. The van der Waals surface area contributed by atoms with E-state index < -0.39 is 47.4 Å². The Bertz CT molecular complexity index is 1100. The normalized spacial score (nSPS) is 32.9. The van der Waals surface area contributed by atoms with Crippen LogP contribution in [0.4, 0.5) is 4.79 Å². The fraction of sp³-hybridized carbons (Fsp3) is 0.844. The molecule has 0 radical (unpaired) electrons. The van der Waals surface area contributed by atoms with Crippen molar-refractivity contribution in [3.8, 4) is 0 Å². The first-order chi connectivity index (χ1) is 19.7. The van der Waals surface area contributed by atoms with E-state index in [4.69, 9.17) is 10.5 Å². The van der Waals surface area contributed by atoms with Crippen LogP contribution in [0.3, 0.4) is 0 Å². The Labute approximate surface area is 249 Å². The van der Waals surface area contributed by atoms with E-state index in [0.717, 1.165) is 44.9 Å². The number of fused-ring (bicyclic) bond motifs is 2. The quantitative estimate of drug-likeness (QED) is 0.353. The summed E-state index contributed by atoms with van der Waals surface area (Å²) in [4.78, 5) is 67.6. The maximum Gasteiger partial charge on any atom is 0.408 e. The maximum absolute atomic E-state index is 14.4. The van der Waals surface area contributed by atoms with Crippen molar-refractivity contribution in [1.82, 2.24) is 15.5 Å². The highest BCUT2D eigenvalue weighted by Crippen LogP contribution is 2.65. The maximum atomic E-state index is 14.4. The molecule has 5 unspecified atom stereocenters. The van der Waals surface area contributed by atoms with Crippen LogP contribution in [0, 0.1) is 40.9 Å². The number of alkyl carbamates (subject to hydrolysis) is 1. The second-order valence-corrected chi connectivity index (χ2v) is 15.4. The second-order valence-electron chi connectivity index (χ2n) is 15.4. The molecule has 0 aromatic carbocycles. The van der Waals surface area contributed by atoms with Gasteiger partial charge in [-0.2, -0.15) is 0 Å². The third-order valence-corrected chi connectivity index (χ3v) is 11.1. The van der Waals surface area contributed by atoms with Gasteiger partial charge < -0.3 is 26.0 Å². The van der Waals surface area contributed by atoms with Crippen LogP contribution in [-0.2, 0) is 23.9 Å². The Morgan fingerprint density at radius 1 is 0.952 bits per heavy atom. The van der Waals surface area contributed by atoms with Crippen LogP contribution < -0.4 is 16.4 Å². The highest BCUT2D eigenvalue weighted by Gasteiger charge is 2.70. The molecule has 1 heterocycles. The number of ether oxygens (including phenoxy) is 1. The third kappa shape index (κ3) is 6.18. The van der Waals surface area contributed by atoms with Gasteiger partial charge >= 0.3 is 6.09 Å². The smallest absolute Gasteiger partial charge is 0.408 e. The summed E-state index contributed by atoms with van der Waals surface area (Å²) in [5.41, 5.74) is 4.50. The summed E-state index contributed by atoms with van der Waals surface area (Å²) in [6, 6.07) is -2.57. The fourth-order valence-corrected chi connectivity index (χ4v) is 8.58. The lowest BCUT2D eigenvalue weighted by Crippen LogP contribution is -2.59. The lowest BCUT2D eigenvalue weighted by atomic mass is 9.80. The molecule has 4 aliphatic carbocycles. The first kappa shape index (κ1) is 30.8. The Morgan fingerprint density at radius 3 is 2.10 bits per heavy atom. The fourth-order valence-electron chi connectivity index (χ4n) is 8.58. The van der Waals surface area contributed by atoms with Gasteiger partial charge in [0.2, 0.25) is 17.6 Å². The first-order valence-corrected chi connectivity index (χ1v) is 16.1. The molecule has 42 heavy (non-hydrogen) atoms. The Balaban J connectivity index is 1.38. The van der Waals surface area contributed by atoms with Crippen LogP contribution >= 0.6 is 0 Å². The number of carbonyl (C=O) groups excluding carboxylic acids is 5. The van der Waals surface area contributed by atoms with Crippen molar-refractivity contribution in [1.29, 1.82) is 0 Å². The minimum absolute atomic E-state index is 0.0328.